The number of nitrogens with zero attached hydrogens (tertiary/aromatic N) is 1. The lowest BCUT2D eigenvalue weighted by molar-refractivity contribution is 0.0534. The zero-order chi connectivity index (χ0) is 15.1. The van der Waals surface area contributed by atoms with E-state index < -0.39 is 6.10 Å². The van der Waals surface area contributed by atoms with Crippen molar-refractivity contribution in [2.24, 2.45) is 5.92 Å². The normalized spacial score (nSPS) is 18.6. The van der Waals surface area contributed by atoms with Crippen LogP contribution in [0.4, 0.5) is 0 Å². The molecule has 1 aromatic carbocycles. The van der Waals surface area contributed by atoms with Crippen molar-refractivity contribution in [3.05, 3.63) is 29.8 Å². The molecule has 21 heavy (non-hydrogen) atoms. The molecule has 118 valence electrons. The molecule has 1 aromatic rings. The van der Waals surface area contributed by atoms with E-state index in [0.29, 0.717) is 12.5 Å². The average molecular weight is 293 g/mol. The molecule has 0 amide bonds. The summed E-state index contributed by atoms with van der Waals surface area (Å²) in [4.78, 5) is 2.34. The van der Waals surface area contributed by atoms with Gasteiger partial charge in [0.2, 0.25) is 0 Å². The molecule has 4 nitrogen and oxygen atoms in total. The molecular weight excluding hydrogens is 266 g/mol. The van der Waals surface area contributed by atoms with Gasteiger partial charge in [-0.1, -0.05) is 12.1 Å². The zero-order valence-corrected chi connectivity index (χ0v) is 13.1. The first kappa shape index (κ1) is 16.3. The quantitative estimate of drug-likeness (QED) is 0.838. The minimum Gasteiger partial charge on any atom is -0.497 e. The third kappa shape index (κ3) is 4.99. The minimum absolute atomic E-state index is 0.455. The van der Waals surface area contributed by atoms with Gasteiger partial charge in [0.15, 0.2) is 0 Å². The molecule has 0 aliphatic carbocycles. The molecule has 0 spiro atoms. The molecule has 1 aliphatic rings. The summed E-state index contributed by atoms with van der Waals surface area (Å²) in [6.45, 7) is 6.49. The van der Waals surface area contributed by atoms with E-state index in [1.54, 1.807) is 7.11 Å². The lowest BCUT2D eigenvalue weighted by Crippen LogP contribution is -2.37. The van der Waals surface area contributed by atoms with E-state index in [1.165, 1.54) is 0 Å². The summed E-state index contributed by atoms with van der Waals surface area (Å²) in [5.74, 6) is 1.47. The highest BCUT2D eigenvalue weighted by Crippen LogP contribution is 2.23. The standard InChI is InChI=1S/C17H27NO3/c1-3-21-13-14-7-9-18(10-8-14)12-17(19)15-5-4-6-16(11-15)20-2/h4-6,11,14,17,19H,3,7-10,12-13H2,1-2H3. The van der Waals surface area contributed by atoms with Crippen LogP contribution in [-0.2, 0) is 4.74 Å². The molecule has 1 atom stereocenters. The summed E-state index contributed by atoms with van der Waals surface area (Å²) in [7, 11) is 1.65. The van der Waals surface area contributed by atoms with Crippen molar-refractivity contribution in [1.29, 1.82) is 0 Å². The second-order valence-corrected chi connectivity index (χ2v) is 5.70. The number of aliphatic hydroxyl groups excluding tert-OH is 1. The Labute approximate surface area is 127 Å². The summed E-state index contributed by atoms with van der Waals surface area (Å²) < 4.78 is 10.7. The molecule has 0 aromatic heterocycles. The van der Waals surface area contributed by atoms with Crippen LogP contribution in [0, 0.1) is 5.92 Å². The molecule has 1 aliphatic heterocycles. The number of methoxy groups -OCH3 is 1. The van der Waals surface area contributed by atoms with E-state index in [-0.39, 0.29) is 0 Å². The Kier molecular flexibility index (Phi) is 6.49. The van der Waals surface area contributed by atoms with E-state index in [1.807, 2.05) is 31.2 Å². The van der Waals surface area contributed by atoms with Gasteiger partial charge in [0.05, 0.1) is 13.2 Å². The second-order valence-electron chi connectivity index (χ2n) is 5.70. The maximum absolute atomic E-state index is 10.4. The maximum Gasteiger partial charge on any atom is 0.119 e. The van der Waals surface area contributed by atoms with Crippen LogP contribution >= 0.6 is 0 Å². The van der Waals surface area contributed by atoms with Crippen molar-refractivity contribution in [3.8, 4) is 5.75 Å². The van der Waals surface area contributed by atoms with Gasteiger partial charge in [-0.15, -0.1) is 0 Å². The SMILES string of the molecule is CCOCC1CCN(CC(O)c2cccc(OC)c2)CC1. The number of aliphatic hydroxyl groups is 1. The van der Waals surface area contributed by atoms with Crippen LogP contribution in [-0.4, -0.2) is 50.0 Å². The molecule has 0 saturated carbocycles. The summed E-state index contributed by atoms with van der Waals surface area (Å²) in [5.41, 5.74) is 0.922. The predicted octanol–water partition coefficient (Wildman–Crippen LogP) is 2.48. The van der Waals surface area contributed by atoms with Crippen LogP contribution in [0.5, 0.6) is 5.75 Å². The molecule has 2 rings (SSSR count). The third-order valence-electron chi connectivity index (χ3n) is 4.17. The van der Waals surface area contributed by atoms with Gasteiger partial charge < -0.3 is 19.5 Å². The highest BCUT2D eigenvalue weighted by molar-refractivity contribution is 5.29. The van der Waals surface area contributed by atoms with Gasteiger partial charge in [-0.2, -0.15) is 0 Å². The Morgan fingerprint density at radius 1 is 1.33 bits per heavy atom. The molecular formula is C17H27NO3. The average Bonchev–Trinajstić information content (AvgIpc) is 2.54. The third-order valence-corrected chi connectivity index (χ3v) is 4.17. The highest BCUT2D eigenvalue weighted by atomic mass is 16.5. The molecule has 0 radical (unpaired) electrons. The van der Waals surface area contributed by atoms with E-state index in [0.717, 1.165) is 50.5 Å². The summed E-state index contributed by atoms with van der Waals surface area (Å²) in [6.07, 6.45) is 1.86. The highest BCUT2D eigenvalue weighted by Gasteiger charge is 2.21. The van der Waals surface area contributed by atoms with Crippen molar-refractivity contribution in [2.45, 2.75) is 25.9 Å². The number of ether oxygens (including phenoxy) is 2. The zero-order valence-electron chi connectivity index (χ0n) is 13.1. The van der Waals surface area contributed by atoms with Crippen LogP contribution in [0.15, 0.2) is 24.3 Å². The Morgan fingerprint density at radius 2 is 2.10 bits per heavy atom. The topological polar surface area (TPSA) is 41.9 Å². The molecule has 4 heteroatoms. The lowest BCUT2D eigenvalue weighted by Gasteiger charge is -2.33. The number of piperidine rings is 1. The molecule has 1 unspecified atom stereocenters. The first-order valence-electron chi connectivity index (χ1n) is 7.85. The fraction of sp³-hybridized carbons (Fsp3) is 0.647. The maximum atomic E-state index is 10.4. The van der Waals surface area contributed by atoms with Gasteiger partial charge in [0.25, 0.3) is 0 Å². The number of hydrogen-bond acceptors (Lipinski definition) is 4. The Balaban J connectivity index is 1.79. The van der Waals surface area contributed by atoms with Crippen LogP contribution < -0.4 is 4.74 Å². The van der Waals surface area contributed by atoms with E-state index in [9.17, 15) is 5.11 Å². The van der Waals surface area contributed by atoms with Gasteiger partial charge in [0.1, 0.15) is 5.75 Å². The van der Waals surface area contributed by atoms with Crippen molar-refractivity contribution < 1.29 is 14.6 Å². The summed E-state index contributed by atoms with van der Waals surface area (Å²) in [5, 5.41) is 10.4. The number of benzene rings is 1. The predicted molar refractivity (Wildman–Crippen MR) is 83.6 cm³/mol. The largest absolute Gasteiger partial charge is 0.497 e. The second kappa shape index (κ2) is 8.37. The monoisotopic (exact) mass is 293 g/mol. The van der Waals surface area contributed by atoms with E-state index in [4.69, 9.17) is 9.47 Å². The molecule has 1 N–H and O–H groups in total. The summed E-state index contributed by atoms with van der Waals surface area (Å²) in [6, 6.07) is 7.68. The number of likely N-dealkylation sites (tertiary alicyclic amines) is 1. The lowest BCUT2D eigenvalue weighted by atomic mass is 9.97. The number of rotatable bonds is 7. The van der Waals surface area contributed by atoms with Gasteiger partial charge in [0, 0.05) is 19.8 Å². The van der Waals surface area contributed by atoms with Gasteiger partial charge in [-0.25, -0.2) is 0 Å². The minimum atomic E-state index is -0.455. The number of β-amino-alcohol motifs (C(OH)–C–C–N with tert-alkyl or cyclic N) is 1. The Bertz CT molecular complexity index is 416. The van der Waals surface area contributed by atoms with Crippen LogP contribution in [0.1, 0.15) is 31.4 Å². The van der Waals surface area contributed by atoms with Gasteiger partial charge in [-0.05, 0) is 56.5 Å². The molecule has 1 heterocycles. The van der Waals surface area contributed by atoms with E-state index in [2.05, 4.69) is 4.90 Å². The van der Waals surface area contributed by atoms with Crippen LogP contribution in [0.25, 0.3) is 0 Å². The van der Waals surface area contributed by atoms with Crippen molar-refractivity contribution in [1.82, 2.24) is 4.90 Å². The van der Waals surface area contributed by atoms with Crippen molar-refractivity contribution >= 4 is 0 Å². The van der Waals surface area contributed by atoms with Gasteiger partial charge >= 0.3 is 0 Å². The fourth-order valence-corrected chi connectivity index (χ4v) is 2.82. The van der Waals surface area contributed by atoms with Gasteiger partial charge in [-0.3, -0.25) is 0 Å². The van der Waals surface area contributed by atoms with Crippen molar-refractivity contribution in [3.63, 3.8) is 0 Å². The Morgan fingerprint density at radius 3 is 2.76 bits per heavy atom. The smallest absolute Gasteiger partial charge is 0.119 e. The first-order valence-corrected chi connectivity index (χ1v) is 7.85. The molecule has 1 fully saturated rings. The number of hydrogen-bond donors (Lipinski definition) is 1. The first-order chi connectivity index (χ1) is 10.2. The van der Waals surface area contributed by atoms with Crippen molar-refractivity contribution in [2.75, 3.05) is 40.0 Å². The van der Waals surface area contributed by atoms with Crippen LogP contribution in [0.3, 0.4) is 0 Å². The molecule has 0 bridgehead atoms. The fourth-order valence-electron chi connectivity index (χ4n) is 2.82. The molecule has 1 saturated heterocycles. The summed E-state index contributed by atoms with van der Waals surface area (Å²) >= 11 is 0. The van der Waals surface area contributed by atoms with Crippen LogP contribution in [0.2, 0.25) is 0 Å². The van der Waals surface area contributed by atoms with E-state index >= 15 is 0 Å². The Hall–Kier alpha value is -1.10.